The van der Waals surface area contributed by atoms with Crippen molar-refractivity contribution in [2.75, 3.05) is 0 Å². The summed E-state index contributed by atoms with van der Waals surface area (Å²) in [6, 6.07) is 19.3. The van der Waals surface area contributed by atoms with Gasteiger partial charge in [0.15, 0.2) is 0 Å². The smallest absolute Gasteiger partial charge is 0.311 e. The highest BCUT2D eigenvalue weighted by Crippen LogP contribution is 2.32. The van der Waals surface area contributed by atoms with Crippen LogP contribution in [-0.4, -0.2) is 13.3 Å². The van der Waals surface area contributed by atoms with Crippen molar-refractivity contribution in [3.05, 3.63) is 94.0 Å². The second-order valence-corrected chi connectivity index (χ2v) is 7.84. The first-order chi connectivity index (χ1) is 13.4. The van der Waals surface area contributed by atoms with Gasteiger partial charge in [-0.25, -0.2) is 13.1 Å². The van der Waals surface area contributed by atoms with Gasteiger partial charge < -0.3 is 4.74 Å². The minimum Gasteiger partial charge on any atom is -0.450 e. The van der Waals surface area contributed by atoms with E-state index in [2.05, 4.69) is 4.72 Å². The molecule has 0 aliphatic carbocycles. The van der Waals surface area contributed by atoms with E-state index >= 15 is 0 Å². The molecule has 0 heterocycles. The molecule has 0 aromatic heterocycles. The normalized spacial score (nSPS) is 11.2. The number of nitrogens with one attached hydrogen (secondary N) is 1. The zero-order valence-electron chi connectivity index (χ0n) is 15.0. The highest BCUT2D eigenvalue weighted by molar-refractivity contribution is 7.89. The lowest BCUT2D eigenvalue weighted by Crippen LogP contribution is -2.23. The number of rotatable bonds is 7. The molecule has 0 unspecified atom stereocenters. The van der Waals surface area contributed by atoms with Crippen molar-refractivity contribution < 1.29 is 18.1 Å². The van der Waals surface area contributed by atoms with Gasteiger partial charge in [0.1, 0.15) is 5.75 Å². The summed E-state index contributed by atoms with van der Waals surface area (Å²) in [6.07, 6.45) is 0. The van der Waals surface area contributed by atoms with Gasteiger partial charge in [0.2, 0.25) is 15.8 Å². The summed E-state index contributed by atoms with van der Waals surface area (Å²) >= 11 is 0. The Kier molecular flexibility index (Phi) is 5.72. The van der Waals surface area contributed by atoms with Crippen molar-refractivity contribution in [2.45, 2.75) is 18.4 Å². The molecule has 0 spiro atoms. The van der Waals surface area contributed by atoms with Crippen LogP contribution in [0.25, 0.3) is 0 Å². The Labute approximate surface area is 162 Å². The Balaban J connectivity index is 1.82. The van der Waals surface area contributed by atoms with Crippen LogP contribution in [0.2, 0.25) is 0 Å². The fourth-order valence-corrected chi connectivity index (χ4v) is 3.54. The van der Waals surface area contributed by atoms with E-state index in [0.29, 0.717) is 11.3 Å². The van der Waals surface area contributed by atoms with Crippen LogP contribution < -0.4 is 9.46 Å². The predicted octanol–water partition coefficient (Wildman–Crippen LogP) is 4.17. The number of nitro benzene ring substituents is 1. The standard InChI is InChI=1S/C20H18N2O5S/c1-15-10-12-17(13-11-15)28(25,26)21-14-16-6-2-4-8-19(16)27-20-9-5-3-7-18(20)22(23)24/h2-13,21H,14H2,1H3. The minimum atomic E-state index is -3.70. The maximum Gasteiger partial charge on any atom is 0.311 e. The van der Waals surface area contributed by atoms with Crippen molar-refractivity contribution in [3.63, 3.8) is 0 Å². The lowest BCUT2D eigenvalue weighted by atomic mass is 10.2. The van der Waals surface area contributed by atoms with Gasteiger partial charge in [-0.1, -0.05) is 48.0 Å². The molecule has 0 atom stereocenters. The highest BCUT2D eigenvalue weighted by Gasteiger charge is 2.18. The summed E-state index contributed by atoms with van der Waals surface area (Å²) in [5.74, 6) is 0.421. The van der Waals surface area contributed by atoms with E-state index in [1.54, 1.807) is 48.5 Å². The summed E-state index contributed by atoms with van der Waals surface area (Å²) in [4.78, 5) is 10.8. The zero-order chi connectivity index (χ0) is 20.1. The van der Waals surface area contributed by atoms with Crippen LogP contribution in [0.5, 0.6) is 11.5 Å². The maximum atomic E-state index is 12.5. The first-order valence-electron chi connectivity index (χ1n) is 8.42. The maximum absolute atomic E-state index is 12.5. The molecule has 3 aromatic rings. The molecule has 0 saturated heterocycles. The number of ether oxygens (including phenoxy) is 1. The van der Waals surface area contributed by atoms with Gasteiger partial charge in [0.25, 0.3) is 0 Å². The Morgan fingerprint density at radius 1 is 0.929 bits per heavy atom. The lowest BCUT2D eigenvalue weighted by molar-refractivity contribution is -0.385. The Bertz CT molecular complexity index is 1100. The lowest BCUT2D eigenvalue weighted by Gasteiger charge is -2.12. The quantitative estimate of drug-likeness (QED) is 0.476. The van der Waals surface area contributed by atoms with Gasteiger partial charge in [0.05, 0.1) is 9.82 Å². The SMILES string of the molecule is Cc1ccc(S(=O)(=O)NCc2ccccc2Oc2ccccc2[N+](=O)[O-])cc1. The van der Waals surface area contributed by atoms with Gasteiger partial charge >= 0.3 is 5.69 Å². The molecule has 3 rings (SSSR count). The largest absolute Gasteiger partial charge is 0.450 e. The monoisotopic (exact) mass is 398 g/mol. The van der Waals surface area contributed by atoms with E-state index in [9.17, 15) is 18.5 Å². The highest BCUT2D eigenvalue weighted by atomic mass is 32.2. The summed E-state index contributed by atoms with van der Waals surface area (Å²) in [7, 11) is -3.70. The number of hydrogen-bond acceptors (Lipinski definition) is 5. The summed E-state index contributed by atoms with van der Waals surface area (Å²) in [5.41, 5.74) is 1.34. The van der Waals surface area contributed by atoms with E-state index in [1.807, 2.05) is 6.92 Å². The molecule has 0 aliphatic heterocycles. The van der Waals surface area contributed by atoms with Gasteiger partial charge in [-0.3, -0.25) is 10.1 Å². The predicted molar refractivity (Wildman–Crippen MR) is 105 cm³/mol. The van der Waals surface area contributed by atoms with Gasteiger partial charge in [-0.15, -0.1) is 0 Å². The van der Waals surface area contributed by atoms with Crippen LogP contribution in [-0.2, 0) is 16.6 Å². The van der Waals surface area contributed by atoms with Crippen LogP contribution in [0.4, 0.5) is 5.69 Å². The van der Waals surface area contributed by atoms with Gasteiger partial charge in [0, 0.05) is 18.2 Å². The topological polar surface area (TPSA) is 98.5 Å². The summed E-state index contributed by atoms with van der Waals surface area (Å²) in [5, 5.41) is 11.2. The van der Waals surface area contributed by atoms with Crippen LogP contribution >= 0.6 is 0 Å². The molecule has 0 bridgehead atoms. The van der Waals surface area contributed by atoms with Crippen molar-refractivity contribution in [1.29, 1.82) is 0 Å². The second kappa shape index (κ2) is 8.20. The minimum absolute atomic E-state index is 0.0208. The molecule has 0 aliphatic rings. The fourth-order valence-electron chi connectivity index (χ4n) is 2.54. The van der Waals surface area contributed by atoms with Crippen molar-refractivity contribution in [1.82, 2.24) is 4.72 Å². The van der Waals surface area contributed by atoms with Crippen LogP contribution in [0.3, 0.4) is 0 Å². The molecule has 144 valence electrons. The van der Waals surface area contributed by atoms with E-state index in [1.165, 1.54) is 24.3 Å². The molecule has 0 fully saturated rings. The molecule has 1 N–H and O–H groups in total. The first kappa shape index (κ1) is 19.5. The molecule has 3 aromatic carbocycles. The van der Waals surface area contributed by atoms with Crippen LogP contribution in [0.1, 0.15) is 11.1 Å². The molecule has 0 radical (unpaired) electrons. The number of nitrogens with zero attached hydrogens (tertiary/aromatic N) is 1. The molecule has 0 amide bonds. The number of sulfonamides is 1. The van der Waals surface area contributed by atoms with Gasteiger partial charge in [-0.2, -0.15) is 0 Å². The molecular weight excluding hydrogens is 380 g/mol. The average molecular weight is 398 g/mol. The van der Waals surface area contributed by atoms with E-state index in [4.69, 9.17) is 4.74 Å². The summed E-state index contributed by atoms with van der Waals surface area (Å²) < 4.78 is 33.2. The third-order valence-electron chi connectivity index (χ3n) is 4.04. The van der Waals surface area contributed by atoms with E-state index < -0.39 is 14.9 Å². The Morgan fingerprint density at radius 3 is 2.21 bits per heavy atom. The number of benzene rings is 3. The van der Waals surface area contributed by atoms with Crippen molar-refractivity contribution in [3.8, 4) is 11.5 Å². The third kappa shape index (κ3) is 4.54. The molecule has 28 heavy (non-hydrogen) atoms. The number of para-hydroxylation sites is 3. The van der Waals surface area contributed by atoms with Crippen molar-refractivity contribution >= 4 is 15.7 Å². The second-order valence-electron chi connectivity index (χ2n) is 6.07. The number of nitro groups is 1. The average Bonchev–Trinajstić information content (AvgIpc) is 2.68. The van der Waals surface area contributed by atoms with Gasteiger partial charge in [-0.05, 0) is 31.2 Å². The first-order valence-corrected chi connectivity index (χ1v) is 9.90. The van der Waals surface area contributed by atoms with Crippen LogP contribution in [0.15, 0.2) is 77.7 Å². The number of hydrogen-bond donors (Lipinski definition) is 1. The molecule has 8 heteroatoms. The van der Waals surface area contributed by atoms with Crippen LogP contribution in [0, 0.1) is 17.0 Å². The van der Waals surface area contributed by atoms with E-state index in [-0.39, 0.29) is 22.9 Å². The zero-order valence-corrected chi connectivity index (χ0v) is 15.8. The fraction of sp³-hybridized carbons (Fsp3) is 0.100. The summed E-state index contributed by atoms with van der Waals surface area (Å²) in [6.45, 7) is 1.85. The third-order valence-corrected chi connectivity index (χ3v) is 5.46. The van der Waals surface area contributed by atoms with E-state index in [0.717, 1.165) is 5.56 Å². The number of aryl methyl sites for hydroxylation is 1. The Hall–Kier alpha value is -3.23. The van der Waals surface area contributed by atoms with Crippen molar-refractivity contribution in [2.24, 2.45) is 0 Å². The molecule has 7 nitrogen and oxygen atoms in total. The Morgan fingerprint density at radius 2 is 1.54 bits per heavy atom. The molecule has 0 saturated carbocycles. The molecular formula is C20H18N2O5S.